The number of carbonyl (C=O) groups is 1. The van der Waals surface area contributed by atoms with Crippen molar-refractivity contribution in [2.24, 2.45) is 0 Å². The molecule has 1 N–H and O–H groups in total. The average molecular weight is 468 g/mol. The number of rotatable bonds is 8. The minimum Gasteiger partial charge on any atom is -0.494 e. The Morgan fingerprint density at radius 2 is 1.79 bits per heavy atom. The Labute approximate surface area is 197 Å². The van der Waals surface area contributed by atoms with Crippen LogP contribution in [-0.2, 0) is 4.79 Å². The lowest BCUT2D eigenvalue weighted by Crippen LogP contribution is -2.47. The molecule has 2 aromatic carbocycles. The van der Waals surface area contributed by atoms with Crippen LogP contribution in [0.1, 0.15) is 6.92 Å². The van der Waals surface area contributed by atoms with Crippen LogP contribution in [0, 0.1) is 5.82 Å². The van der Waals surface area contributed by atoms with Gasteiger partial charge in [0.15, 0.2) is 0 Å². The number of nitrogens with zero attached hydrogens (tertiary/aromatic N) is 4. The topological polar surface area (TPSA) is 70.6 Å². The van der Waals surface area contributed by atoms with Gasteiger partial charge in [0.2, 0.25) is 5.91 Å². The number of hydrogen-bond acceptors (Lipinski definition) is 7. The van der Waals surface area contributed by atoms with Crippen LogP contribution in [0.2, 0.25) is 0 Å². The normalized spacial score (nSPS) is 13.6. The fourth-order valence-electron chi connectivity index (χ4n) is 3.60. The maximum atomic E-state index is 14.1. The molecular weight excluding hydrogens is 441 g/mol. The molecule has 1 aliphatic rings. The van der Waals surface area contributed by atoms with Crippen molar-refractivity contribution in [1.82, 2.24) is 9.97 Å². The first-order valence-corrected chi connectivity index (χ1v) is 11.8. The van der Waals surface area contributed by atoms with Crippen molar-refractivity contribution in [3.8, 4) is 5.75 Å². The molecule has 0 aliphatic carbocycles. The fraction of sp³-hybridized carbons (Fsp3) is 0.292. The molecule has 9 heteroatoms. The van der Waals surface area contributed by atoms with Crippen molar-refractivity contribution in [1.29, 1.82) is 0 Å². The van der Waals surface area contributed by atoms with Crippen LogP contribution >= 0.6 is 11.8 Å². The van der Waals surface area contributed by atoms with E-state index in [2.05, 4.69) is 20.2 Å². The van der Waals surface area contributed by atoms with Gasteiger partial charge in [-0.15, -0.1) is 0 Å². The summed E-state index contributed by atoms with van der Waals surface area (Å²) in [6, 6.07) is 16.0. The van der Waals surface area contributed by atoms with Gasteiger partial charge in [0.25, 0.3) is 0 Å². The molecule has 1 aliphatic heterocycles. The number of aromatic nitrogens is 2. The first-order chi connectivity index (χ1) is 16.1. The van der Waals surface area contributed by atoms with Gasteiger partial charge in [0.1, 0.15) is 28.7 Å². The largest absolute Gasteiger partial charge is 0.494 e. The molecule has 172 valence electrons. The summed E-state index contributed by atoms with van der Waals surface area (Å²) in [6.07, 6.45) is 1.52. The van der Waals surface area contributed by atoms with E-state index < -0.39 is 0 Å². The lowest BCUT2D eigenvalue weighted by Gasteiger charge is -2.36. The third kappa shape index (κ3) is 6.13. The van der Waals surface area contributed by atoms with Crippen LogP contribution < -0.4 is 19.9 Å². The Bertz CT molecular complexity index is 1070. The number of piperazine rings is 1. The SMILES string of the molecule is CCOc1ccc(NC(=O)CSc2cc(N3CCN(c4ccccc4F)CC3)ncn2)cc1. The molecule has 0 saturated carbocycles. The number of amides is 1. The number of halogens is 1. The second kappa shape index (κ2) is 11.0. The molecule has 1 fully saturated rings. The van der Waals surface area contributed by atoms with Crippen LogP contribution in [0.5, 0.6) is 5.75 Å². The van der Waals surface area contributed by atoms with E-state index in [0.29, 0.717) is 25.4 Å². The van der Waals surface area contributed by atoms with E-state index in [1.807, 2.05) is 54.3 Å². The molecule has 0 atom stereocenters. The van der Waals surface area contributed by atoms with E-state index in [9.17, 15) is 9.18 Å². The standard InChI is InChI=1S/C24H26FN5O2S/c1-2-32-19-9-7-18(8-10-19)28-23(31)16-33-24-15-22(26-17-27-24)30-13-11-29(12-14-30)21-6-4-3-5-20(21)25/h3-10,15,17H,2,11-14,16H2,1H3,(H,28,31). The van der Waals surface area contributed by atoms with E-state index >= 15 is 0 Å². The molecule has 7 nitrogen and oxygen atoms in total. The van der Waals surface area contributed by atoms with E-state index in [-0.39, 0.29) is 17.5 Å². The number of nitrogens with one attached hydrogen (secondary N) is 1. The molecule has 1 amide bonds. The van der Waals surface area contributed by atoms with Crippen molar-refractivity contribution in [3.63, 3.8) is 0 Å². The number of ether oxygens (including phenoxy) is 1. The lowest BCUT2D eigenvalue weighted by molar-refractivity contribution is -0.113. The highest BCUT2D eigenvalue weighted by Crippen LogP contribution is 2.24. The van der Waals surface area contributed by atoms with E-state index in [0.717, 1.165) is 35.4 Å². The zero-order valence-electron chi connectivity index (χ0n) is 18.4. The van der Waals surface area contributed by atoms with Crippen LogP contribution in [0.3, 0.4) is 0 Å². The molecule has 0 spiro atoms. The molecular formula is C24H26FN5O2S. The smallest absolute Gasteiger partial charge is 0.234 e. The molecule has 3 aromatic rings. The molecule has 0 bridgehead atoms. The zero-order chi connectivity index (χ0) is 23.0. The van der Waals surface area contributed by atoms with Crippen LogP contribution in [-0.4, -0.2) is 54.4 Å². The number of para-hydroxylation sites is 1. The first kappa shape index (κ1) is 22.8. The molecule has 1 saturated heterocycles. The number of anilines is 3. The number of carbonyl (C=O) groups excluding carboxylic acids is 1. The van der Waals surface area contributed by atoms with E-state index in [1.165, 1.54) is 24.2 Å². The minimum atomic E-state index is -0.199. The predicted molar refractivity (Wildman–Crippen MR) is 130 cm³/mol. The number of hydrogen-bond donors (Lipinski definition) is 1. The highest BCUT2D eigenvalue weighted by Gasteiger charge is 2.20. The Morgan fingerprint density at radius 3 is 2.52 bits per heavy atom. The van der Waals surface area contributed by atoms with Gasteiger partial charge in [-0.3, -0.25) is 4.79 Å². The van der Waals surface area contributed by atoms with Gasteiger partial charge >= 0.3 is 0 Å². The maximum absolute atomic E-state index is 14.1. The zero-order valence-corrected chi connectivity index (χ0v) is 19.2. The molecule has 2 heterocycles. The Morgan fingerprint density at radius 1 is 1.06 bits per heavy atom. The van der Waals surface area contributed by atoms with Crippen molar-refractivity contribution >= 4 is 34.9 Å². The fourth-order valence-corrected chi connectivity index (χ4v) is 4.27. The highest BCUT2D eigenvalue weighted by molar-refractivity contribution is 7.99. The average Bonchev–Trinajstić information content (AvgIpc) is 2.85. The summed E-state index contributed by atoms with van der Waals surface area (Å²) < 4.78 is 19.5. The van der Waals surface area contributed by atoms with Gasteiger partial charge in [-0.05, 0) is 43.3 Å². The summed E-state index contributed by atoms with van der Waals surface area (Å²) in [5, 5.41) is 3.61. The van der Waals surface area contributed by atoms with E-state index in [1.54, 1.807) is 6.07 Å². The lowest BCUT2D eigenvalue weighted by atomic mass is 10.2. The summed E-state index contributed by atoms with van der Waals surface area (Å²) in [4.78, 5) is 25.2. The predicted octanol–water partition coefficient (Wildman–Crippen LogP) is 4.07. The first-order valence-electron chi connectivity index (χ1n) is 10.8. The molecule has 33 heavy (non-hydrogen) atoms. The summed E-state index contributed by atoms with van der Waals surface area (Å²) >= 11 is 1.36. The molecule has 4 rings (SSSR count). The van der Waals surface area contributed by atoms with Gasteiger partial charge in [0, 0.05) is 37.9 Å². The second-order valence-corrected chi connectivity index (χ2v) is 8.43. The number of thioether (sulfide) groups is 1. The number of benzene rings is 2. The van der Waals surface area contributed by atoms with E-state index in [4.69, 9.17) is 4.74 Å². The van der Waals surface area contributed by atoms with Crippen molar-refractivity contribution in [2.75, 3.05) is 53.7 Å². The monoisotopic (exact) mass is 467 g/mol. The van der Waals surface area contributed by atoms with Crippen LogP contribution in [0.4, 0.5) is 21.6 Å². The van der Waals surface area contributed by atoms with Gasteiger partial charge in [-0.25, -0.2) is 14.4 Å². The Balaban J connectivity index is 1.28. The summed E-state index contributed by atoms with van der Waals surface area (Å²) in [7, 11) is 0. The Kier molecular flexibility index (Phi) is 7.62. The van der Waals surface area contributed by atoms with Gasteiger partial charge in [-0.2, -0.15) is 0 Å². The molecule has 0 unspecified atom stereocenters. The minimum absolute atomic E-state index is 0.108. The second-order valence-electron chi connectivity index (χ2n) is 7.43. The highest BCUT2D eigenvalue weighted by atomic mass is 32.2. The Hall–Kier alpha value is -3.33. The van der Waals surface area contributed by atoms with Gasteiger partial charge < -0.3 is 19.9 Å². The quantitative estimate of drug-likeness (QED) is 0.396. The van der Waals surface area contributed by atoms with Crippen molar-refractivity contribution < 1.29 is 13.9 Å². The maximum Gasteiger partial charge on any atom is 0.234 e. The van der Waals surface area contributed by atoms with Crippen molar-refractivity contribution in [3.05, 3.63) is 66.7 Å². The van der Waals surface area contributed by atoms with Crippen LogP contribution in [0.25, 0.3) is 0 Å². The summed E-state index contributed by atoms with van der Waals surface area (Å²) in [5.41, 5.74) is 1.36. The third-order valence-corrected chi connectivity index (χ3v) is 6.15. The van der Waals surface area contributed by atoms with Crippen LogP contribution in [0.15, 0.2) is 66.0 Å². The molecule has 0 radical (unpaired) electrons. The van der Waals surface area contributed by atoms with Gasteiger partial charge in [0.05, 0.1) is 18.0 Å². The third-order valence-electron chi connectivity index (χ3n) is 5.22. The summed E-state index contributed by atoms with van der Waals surface area (Å²) in [5.74, 6) is 1.52. The van der Waals surface area contributed by atoms with Gasteiger partial charge in [-0.1, -0.05) is 23.9 Å². The summed E-state index contributed by atoms with van der Waals surface area (Å²) in [6.45, 7) is 5.40. The van der Waals surface area contributed by atoms with Crippen molar-refractivity contribution in [2.45, 2.75) is 11.9 Å². The molecule has 1 aromatic heterocycles.